The van der Waals surface area contributed by atoms with Crippen molar-refractivity contribution in [3.63, 3.8) is 0 Å². The summed E-state index contributed by atoms with van der Waals surface area (Å²) in [7, 11) is -2.30. The molecule has 0 saturated heterocycles. The monoisotopic (exact) mass is 349 g/mol. The third kappa shape index (κ3) is 3.76. The number of nitrogens with zero attached hydrogens (tertiary/aromatic N) is 2. The fraction of sp³-hybridized carbons (Fsp3) is 0.312. The van der Waals surface area contributed by atoms with Crippen LogP contribution in [0.4, 0.5) is 5.69 Å². The molecule has 1 aromatic carbocycles. The van der Waals surface area contributed by atoms with Gasteiger partial charge in [0.05, 0.1) is 30.2 Å². The van der Waals surface area contributed by atoms with Gasteiger partial charge >= 0.3 is 0 Å². The van der Waals surface area contributed by atoms with Crippen molar-refractivity contribution in [1.29, 1.82) is 5.26 Å². The second kappa shape index (κ2) is 7.49. The maximum absolute atomic E-state index is 12.9. The van der Waals surface area contributed by atoms with Gasteiger partial charge in [0.1, 0.15) is 10.7 Å². The van der Waals surface area contributed by atoms with Crippen LogP contribution in [-0.2, 0) is 16.6 Å². The number of anilines is 1. The van der Waals surface area contributed by atoms with Gasteiger partial charge in [0.15, 0.2) is 0 Å². The third-order valence-electron chi connectivity index (χ3n) is 3.58. The van der Waals surface area contributed by atoms with Crippen LogP contribution >= 0.6 is 0 Å². The Morgan fingerprint density at radius 1 is 1.38 bits per heavy atom. The Hall–Kier alpha value is -2.34. The van der Waals surface area contributed by atoms with Crippen LogP contribution in [-0.4, -0.2) is 38.0 Å². The lowest BCUT2D eigenvalue weighted by atomic mass is 10.2. The van der Waals surface area contributed by atoms with Gasteiger partial charge in [-0.2, -0.15) is 9.57 Å². The Labute approximate surface area is 141 Å². The second-order valence-corrected chi connectivity index (χ2v) is 7.25. The summed E-state index contributed by atoms with van der Waals surface area (Å²) in [6.45, 7) is 1.97. The summed E-state index contributed by atoms with van der Waals surface area (Å²) < 4.78 is 32.1. The molecule has 8 heteroatoms. The van der Waals surface area contributed by atoms with Gasteiger partial charge in [-0.3, -0.25) is 0 Å². The molecule has 2 aromatic rings. The largest absolute Gasteiger partial charge is 0.469 e. The Bertz CT molecular complexity index is 852. The molecule has 0 atom stereocenters. The molecule has 1 heterocycles. The van der Waals surface area contributed by atoms with Crippen LogP contribution in [0.1, 0.15) is 16.9 Å². The van der Waals surface area contributed by atoms with Gasteiger partial charge in [-0.25, -0.2) is 8.42 Å². The third-order valence-corrected chi connectivity index (χ3v) is 5.44. The summed E-state index contributed by atoms with van der Waals surface area (Å²) in [6.07, 6.45) is 1.51. The lowest BCUT2D eigenvalue weighted by molar-refractivity contribution is 0.311. The van der Waals surface area contributed by atoms with Crippen molar-refractivity contribution in [2.24, 2.45) is 0 Å². The average Bonchev–Trinajstić information content (AvgIpc) is 2.97. The standard InChI is InChI=1S/C16H19N3O4S/c1-12-14(5-8-23-12)11-19(2)24(21,22)16-4-3-13(10-17)9-15(16)18-6-7-20/h3-5,8-9,18,20H,6-7,11H2,1-2H3. The number of hydrogen-bond donors (Lipinski definition) is 2. The number of rotatable bonds is 7. The smallest absolute Gasteiger partial charge is 0.245 e. The molecule has 0 saturated carbocycles. The van der Waals surface area contributed by atoms with Crippen LogP contribution in [0.5, 0.6) is 0 Å². The van der Waals surface area contributed by atoms with Crippen molar-refractivity contribution in [2.75, 3.05) is 25.5 Å². The van der Waals surface area contributed by atoms with Crippen molar-refractivity contribution in [3.05, 3.63) is 47.4 Å². The zero-order chi connectivity index (χ0) is 17.7. The summed E-state index contributed by atoms with van der Waals surface area (Å²) in [4.78, 5) is 0.0543. The number of nitrogens with one attached hydrogen (secondary N) is 1. The summed E-state index contributed by atoms with van der Waals surface area (Å²) in [6, 6.07) is 8.00. The lowest BCUT2D eigenvalue weighted by Gasteiger charge is -2.19. The fourth-order valence-electron chi connectivity index (χ4n) is 2.22. The van der Waals surface area contributed by atoms with E-state index in [0.29, 0.717) is 17.0 Å². The summed E-state index contributed by atoms with van der Waals surface area (Å²) in [5.74, 6) is 0.663. The van der Waals surface area contributed by atoms with Gasteiger partial charge in [0, 0.05) is 25.7 Å². The van der Waals surface area contributed by atoms with Crippen molar-refractivity contribution >= 4 is 15.7 Å². The van der Waals surface area contributed by atoms with Crippen molar-refractivity contribution in [3.8, 4) is 6.07 Å². The van der Waals surface area contributed by atoms with E-state index in [9.17, 15) is 8.42 Å². The molecule has 7 nitrogen and oxygen atoms in total. The van der Waals surface area contributed by atoms with Crippen LogP contribution < -0.4 is 5.32 Å². The van der Waals surface area contributed by atoms with Crippen LogP contribution in [0.3, 0.4) is 0 Å². The van der Waals surface area contributed by atoms with E-state index >= 15 is 0 Å². The lowest BCUT2D eigenvalue weighted by Crippen LogP contribution is -2.27. The minimum atomic E-state index is -3.78. The molecule has 0 radical (unpaired) electrons. The first-order valence-electron chi connectivity index (χ1n) is 7.28. The van der Waals surface area contributed by atoms with Gasteiger partial charge in [0.2, 0.25) is 10.0 Å². The van der Waals surface area contributed by atoms with Gasteiger partial charge in [-0.1, -0.05) is 0 Å². The Balaban J connectivity index is 2.37. The molecule has 0 aliphatic rings. The Kier molecular flexibility index (Phi) is 5.62. The van der Waals surface area contributed by atoms with E-state index in [1.807, 2.05) is 6.07 Å². The Morgan fingerprint density at radius 3 is 2.71 bits per heavy atom. The van der Waals surface area contributed by atoms with E-state index in [1.165, 1.54) is 35.8 Å². The molecule has 0 spiro atoms. The fourth-order valence-corrected chi connectivity index (χ4v) is 3.52. The molecular formula is C16H19N3O4S. The highest BCUT2D eigenvalue weighted by Crippen LogP contribution is 2.26. The summed E-state index contributed by atoms with van der Waals surface area (Å²) >= 11 is 0. The van der Waals surface area contributed by atoms with Crippen molar-refractivity contribution in [1.82, 2.24) is 4.31 Å². The predicted octanol–water partition coefficient (Wildman–Crippen LogP) is 1.68. The van der Waals surface area contributed by atoms with Gasteiger partial charge < -0.3 is 14.8 Å². The molecule has 128 valence electrons. The molecule has 0 unspecified atom stereocenters. The number of furan rings is 1. The predicted molar refractivity (Wildman–Crippen MR) is 88.8 cm³/mol. The molecule has 0 bridgehead atoms. The zero-order valence-corrected chi connectivity index (χ0v) is 14.3. The molecule has 0 fully saturated rings. The first-order valence-corrected chi connectivity index (χ1v) is 8.72. The number of aryl methyl sites for hydroxylation is 1. The molecular weight excluding hydrogens is 330 g/mol. The molecule has 2 N–H and O–H groups in total. The molecule has 0 amide bonds. The molecule has 0 aliphatic heterocycles. The highest BCUT2D eigenvalue weighted by atomic mass is 32.2. The first kappa shape index (κ1) is 18.0. The number of benzene rings is 1. The number of hydrogen-bond acceptors (Lipinski definition) is 6. The van der Waals surface area contributed by atoms with Gasteiger partial charge in [-0.05, 0) is 31.2 Å². The van der Waals surface area contributed by atoms with Crippen LogP contribution in [0.2, 0.25) is 0 Å². The van der Waals surface area contributed by atoms with Gasteiger partial charge in [0.25, 0.3) is 0 Å². The van der Waals surface area contributed by atoms with E-state index in [1.54, 1.807) is 13.0 Å². The van der Waals surface area contributed by atoms with Crippen molar-refractivity contribution in [2.45, 2.75) is 18.4 Å². The number of nitriles is 1. The minimum absolute atomic E-state index is 0.0543. The van der Waals surface area contributed by atoms with E-state index in [4.69, 9.17) is 14.8 Å². The SMILES string of the molecule is Cc1occc1CN(C)S(=O)(=O)c1ccc(C#N)cc1NCCO. The van der Waals surface area contributed by atoms with E-state index in [2.05, 4.69) is 5.32 Å². The molecule has 0 aliphatic carbocycles. The van der Waals surface area contributed by atoms with E-state index in [0.717, 1.165) is 5.56 Å². The van der Waals surface area contributed by atoms with Crippen LogP contribution in [0.25, 0.3) is 0 Å². The highest BCUT2D eigenvalue weighted by molar-refractivity contribution is 7.89. The van der Waals surface area contributed by atoms with Crippen molar-refractivity contribution < 1.29 is 17.9 Å². The minimum Gasteiger partial charge on any atom is -0.469 e. The second-order valence-electron chi connectivity index (χ2n) is 5.24. The average molecular weight is 349 g/mol. The zero-order valence-electron chi connectivity index (χ0n) is 13.5. The topological polar surface area (TPSA) is 107 Å². The summed E-state index contributed by atoms with van der Waals surface area (Å²) in [5.41, 5.74) is 1.40. The van der Waals surface area contributed by atoms with Crippen LogP contribution in [0.15, 0.2) is 39.8 Å². The van der Waals surface area contributed by atoms with Gasteiger partial charge in [-0.15, -0.1) is 0 Å². The quantitative estimate of drug-likeness (QED) is 0.788. The summed E-state index contributed by atoms with van der Waals surface area (Å²) in [5, 5.41) is 20.8. The first-order chi connectivity index (χ1) is 11.4. The number of aliphatic hydroxyl groups is 1. The van der Waals surface area contributed by atoms with Crippen LogP contribution in [0, 0.1) is 18.3 Å². The molecule has 24 heavy (non-hydrogen) atoms. The maximum atomic E-state index is 12.9. The number of aliphatic hydroxyl groups excluding tert-OH is 1. The normalized spacial score (nSPS) is 11.5. The van der Waals surface area contributed by atoms with E-state index in [-0.39, 0.29) is 24.6 Å². The maximum Gasteiger partial charge on any atom is 0.245 e. The molecule has 1 aromatic heterocycles. The number of sulfonamides is 1. The Morgan fingerprint density at radius 2 is 2.12 bits per heavy atom. The highest BCUT2D eigenvalue weighted by Gasteiger charge is 2.25. The van der Waals surface area contributed by atoms with E-state index < -0.39 is 10.0 Å². The molecule has 2 rings (SSSR count).